The fraction of sp³-hybridized carbons (Fsp3) is 0.333. The molecule has 0 spiro atoms. The highest BCUT2D eigenvalue weighted by atomic mass is 32.2. The van der Waals surface area contributed by atoms with Crippen LogP contribution in [-0.2, 0) is 5.75 Å². The lowest BCUT2D eigenvalue weighted by molar-refractivity contribution is 0.946. The first-order valence-electron chi connectivity index (χ1n) is 7.35. The minimum Gasteiger partial charge on any atom is -0.382 e. The standard InChI is InChI=1S/C15H15N7S2/c16-5-10-12(22-3-1-2-4-22)11(6-17)14(21-13(10)18)23-7-9-8-24-15(19)20-9/h8H,1-4,7H2,(H2,18,21)(H2,19,20). The van der Waals surface area contributed by atoms with Crippen molar-refractivity contribution in [3.8, 4) is 12.1 Å². The molecule has 24 heavy (non-hydrogen) atoms. The summed E-state index contributed by atoms with van der Waals surface area (Å²) in [5, 5.41) is 22.0. The highest BCUT2D eigenvalue weighted by Gasteiger charge is 2.25. The maximum atomic E-state index is 9.66. The quantitative estimate of drug-likeness (QED) is 0.798. The lowest BCUT2D eigenvalue weighted by Gasteiger charge is -2.22. The first kappa shape index (κ1) is 16.4. The summed E-state index contributed by atoms with van der Waals surface area (Å²) in [7, 11) is 0. The molecule has 2 aromatic heterocycles. The molecule has 3 heterocycles. The molecule has 0 bridgehead atoms. The lowest BCUT2D eigenvalue weighted by Crippen LogP contribution is -2.21. The van der Waals surface area contributed by atoms with Crippen LogP contribution in [0.3, 0.4) is 0 Å². The predicted octanol–water partition coefficient (Wildman–Crippen LogP) is 2.34. The number of thiazole rings is 1. The number of nitrogens with two attached hydrogens (primary N) is 2. The molecule has 1 aliphatic heterocycles. The molecule has 0 atom stereocenters. The molecule has 122 valence electrons. The second-order valence-electron chi connectivity index (χ2n) is 5.28. The molecule has 3 rings (SSSR count). The van der Waals surface area contributed by atoms with Gasteiger partial charge in [-0.1, -0.05) is 11.8 Å². The second-order valence-corrected chi connectivity index (χ2v) is 7.14. The summed E-state index contributed by atoms with van der Waals surface area (Å²) >= 11 is 2.76. The van der Waals surface area contributed by atoms with Gasteiger partial charge in [0.15, 0.2) is 5.13 Å². The number of nitrogen functional groups attached to an aromatic ring is 2. The Morgan fingerprint density at radius 2 is 1.88 bits per heavy atom. The Hall–Kier alpha value is -2.49. The molecule has 7 nitrogen and oxygen atoms in total. The van der Waals surface area contributed by atoms with Gasteiger partial charge in [-0.05, 0) is 12.8 Å². The first-order valence-corrected chi connectivity index (χ1v) is 9.22. The second kappa shape index (κ2) is 6.95. The maximum absolute atomic E-state index is 9.66. The van der Waals surface area contributed by atoms with Gasteiger partial charge in [0, 0.05) is 24.2 Å². The van der Waals surface area contributed by atoms with Crippen molar-refractivity contribution in [1.82, 2.24) is 9.97 Å². The van der Waals surface area contributed by atoms with Crippen LogP contribution in [0, 0.1) is 22.7 Å². The summed E-state index contributed by atoms with van der Waals surface area (Å²) in [6.45, 7) is 1.64. The summed E-state index contributed by atoms with van der Waals surface area (Å²) in [6, 6.07) is 4.31. The SMILES string of the molecule is N#Cc1c(N)nc(SCc2csc(N)n2)c(C#N)c1N1CCCC1. The van der Waals surface area contributed by atoms with Crippen molar-refractivity contribution in [2.45, 2.75) is 23.6 Å². The molecular weight excluding hydrogens is 342 g/mol. The van der Waals surface area contributed by atoms with E-state index in [0.717, 1.165) is 31.6 Å². The molecular formula is C15H15N7S2. The van der Waals surface area contributed by atoms with Crippen molar-refractivity contribution in [1.29, 1.82) is 10.5 Å². The van der Waals surface area contributed by atoms with Crippen LogP contribution >= 0.6 is 23.1 Å². The molecule has 2 aromatic rings. The number of nitrogens with zero attached hydrogens (tertiary/aromatic N) is 5. The Kier molecular flexibility index (Phi) is 4.74. The fourth-order valence-corrected chi connectivity index (χ4v) is 4.22. The van der Waals surface area contributed by atoms with E-state index in [1.165, 1.54) is 23.1 Å². The van der Waals surface area contributed by atoms with E-state index < -0.39 is 0 Å². The van der Waals surface area contributed by atoms with E-state index in [9.17, 15) is 10.5 Å². The summed E-state index contributed by atoms with van der Waals surface area (Å²) in [6.07, 6.45) is 2.08. The molecule has 9 heteroatoms. The Labute approximate surface area is 147 Å². The monoisotopic (exact) mass is 357 g/mol. The van der Waals surface area contributed by atoms with Crippen LogP contribution in [0.25, 0.3) is 0 Å². The Morgan fingerprint density at radius 3 is 2.46 bits per heavy atom. The number of pyridine rings is 1. The molecule has 0 saturated carbocycles. The van der Waals surface area contributed by atoms with Crippen LogP contribution in [0.1, 0.15) is 29.7 Å². The lowest BCUT2D eigenvalue weighted by atomic mass is 10.1. The number of thioether (sulfide) groups is 1. The van der Waals surface area contributed by atoms with E-state index >= 15 is 0 Å². The van der Waals surface area contributed by atoms with Gasteiger partial charge in [-0.25, -0.2) is 9.97 Å². The number of hydrogen-bond acceptors (Lipinski definition) is 9. The number of nitriles is 2. The van der Waals surface area contributed by atoms with Gasteiger partial charge >= 0.3 is 0 Å². The van der Waals surface area contributed by atoms with E-state index in [4.69, 9.17) is 11.5 Å². The maximum Gasteiger partial charge on any atom is 0.180 e. The van der Waals surface area contributed by atoms with Gasteiger partial charge in [0.25, 0.3) is 0 Å². The third-order valence-electron chi connectivity index (χ3n) is 3.74. The summed E-state index contributed by atoms with van der Waals surface area (Å²) in [4.78, 5) is 10.5. The molecule has 0 unspecified atom stereocenters. The number of hydrogen-bond donors (Lipinski definition) is 2. The van der Waals surface area contributed by atoms with Gasteiger partial charge in [-0.3, -0.25) is 0 Å². The van der Waals surface area contributed by atoms with Crippen molar-refractivity contribution in [2.24, 2.45) is 0 Å². The molecule has 1 fully saturated rings. The van der Waals surface area contributed by atoms with Crippen LogP contribution in [0.4, 0.5) is 16.6 Å². The molecule has 0 aromatic carbocycles. The summed E-state index contributed by atoms with van der Waals surface area (Å²) in [5.74, 6) is 0.707. The van der Waals surface area contributed by atoms with E-state index in [0.29, 0.717) is 27.2 Å². The van der Waals surface area contributed by atoms with E-state index in [2.05, 4.69) is 27.0 Å². The van der Waals surface area contributed by atoms with Gasteiger partial charge in [0.05, 0.1) is 11.4 Å². The average molecular weight is 357 g/mol. The third-order valence-corrected chi connectivity index (χ3v) is 5.47. The van der Waals surface area contributed by atoms with Gasteiger partial charge in [0.2, 0.25) is 0 Å². The van der Waals surface area contributed by atoms with Gasteiger partial charge in [-0.15, -0.1) is 11.3 Å². The van der Waals surface area contributed by atoms with E-state index in [-0.39, 0.29) is 11.4 Å². The normalized spacial score (nSPS) is 13.7. The van der Waals surface area contributed by atoms with Crippen molar-refractivity contribution < 1.29 is 0 Å². The van der Waals surface area contributed by atoms with Gasteiger partial charge < -0.3 is 16.4 Å². The van der Waals surface area contributed by atoms with E-state index in [1.54, 1.807) is 0 Å². The van der Waals surface area contributed by atoms with Crippen LogP contribution in [0.2, 0.25) is 0 Å². The van der Waals surface area contributed by atoms with Crippen LogP contribution in [0.15, 0.2) is 10.4 Å². The highest BCUT2D eigenvalue weighted by Crippen LogP contribution is 2.37. The first-order chi connectivity index (χ1) is 11.6. The third kappa shape index (κ3) is 3.09. The smallest absolute Gasteiger partial charge is 0.180 e. The van der Waals surface area contributed by atoms with Crippen molar-refractivity contribution in [3.05, 3.63) is 22.2 Å². The van der Waals surface area contributed by atoms with E-state index in [1.807, 2.05) is 5.38 Å². The molecule has 4 N–H and O–H groups in total. The van der Waals surface area contributed by atoms with Gasteiger partial charge in [-0.2, -0.15) is 10.5 Å². The molecule has 0 aliphatic carbocycles. The minimum absolute atomic E-state index is 0.165. The largest absolute Gasteiger partial charge is 0.382 e. The Bertz CT molecular complexity index is 841. The number of aromatic nitrogens is 2. The number of anilines is 3. The number of rotatable bonds is 4. The fourth-order valence-electron chi connectivity index (χ4n) is 2.67. The molecule has 0 radical (unpaired) electrons. The van der Waals surface area contributed by atoms with Crippen molar-refractivity contribution in [2.75, 3.05) is 29.5 Å². The Morgan fingerprint density at radius 1 is 1.17 bits per heavy atom. The minimum atomic E-state index is 0.165. The molecule has 1 aliphatic rings. The van der Waals surface area contributed by atoms with Crippen LogP contribution < -0.4 is 16.4 Å². The summed E-state index contributed by atoms with van der Waals surface area (Å²) in [5.41, 5.74) is 13.8. The van der Waals surface area contributed by atoms with Crippen LogP contribution in [-0.4, -0.2) is 23.1 Å². The molecule has 0 amide bonds. The van der Waals surface area contributed by atoms with Crippen LogP contribution in [0.5, 0.6) is 0 Å². The van der Waals surface area contributed by atoms with Crippen molar-refractivity contribution in [3.63, 3.8) is 0 Å². The zero-order valence-corrected chi connectivity index (χ0v) is 14.5. The molecule has 1 saturated heterocycles. The predicted molar refractivity (Wildman–Crippen MR) is 95.6 cm³/mol. The average Bonchev–Trinajstić information content (AvgIpc) is 3.23. The zero-order valence-electron chi connectivity index (χ0n) is 12.8. The Balaban J connectivity index is 1.99. The summed E-state index contributed by atoms with van der Waals surface area (Å²) < 4.78 is 0. The van der Waals surface area contributed by atoms with Gasteiger partial charge in [0.1, 0.15) is 34.1 Å². The topological polar surface area (TPSA) is 129 Å². The van der Waals surface area contributed by atoms with Crippen molar-refractivity contribution >= 4 is 39.7 Å². The highest BCUT2D eigenvalue weighted by molar-refractivity contribution is 7.98. The zero-order chi connectivity index (χ0) is 17.1.